The van der Waals surface area contributed by atoms with E-state index in [0.717, 1.165) is 8.47 Å². The van der Waals surface area contributed by atoms with Crippen molar-refractivity contribution >= 4 is 40.4 Å². The predicted octanol–water partition coefficient (Wildman–Crippen LogP) is 2.81. The summed E-state index contributed by atoms with van der Waals surface area (Å²) in [6.07, 6.45) is 0. The number of esters is 1. The number of hydrogen-bond donors (Lipinski definition) is 0. The second kappa shape index (κ2) is 6.83. The number of rotatable bonds is 4. The molecular formula is C18H14INO5. The fourth-order valence-electron chi connectivity index (χ4n) is 2.80. The summed E-state index contributed by atoms with van der Waals surface area (Å²) >= 11 is 2.06. The van der Waals surface area contributed by atoms with E-state index in [4.69, 9.17) is 9.47 Å². The number of carbonyl (C=O) groups is 3. The van der Waals surface area contributed by atoms with Gasteiger partial charge >= 0.3 is 5.97 Å². The van der Waals surface area contributed by atoms with Gasteiger partial charge in [0.15, 0.2) is 6.04 Å². The molecule has 7 heteroatoms. The molecule has 0 radical (unpaired) electrons. The van der Waals surface area contributed by atoms with Crippen LogP contribution >= 0.6 is 22.6 Å². The van der Waals surface area contributed by atoms with Crippen LogP contribution in [0.5, 0.6) is 5.75 Å². The molecule has 2 aromatic carbocycles. The summed E-state index contributed by atoms with van der Waals surface area (Å²) in [5, 5.41) is 0. The lowest BCUT2D eigenvalue weighted by molar-refractivity contribution is -0.145. The van der Waals surface area contributed by atoms with E-state index in [2.05, 4.69) is 22.6 Å². The summed E-state index contributed by atoms with van der Waals surface area (Å²) < 4.78 is 10.8. The third-order valence-corrected chi connectivity index (χ3v) is 4.84. The van der Waals surface area contributed by atoms with Crippen LogP contribution in [0.2, 0.25) is 0 Å². The van der Waals surface area contributed by atoms with E-state index in [0.29, 0.717) is 11.3 Å². The van der Waals surface area contributed by atoms with Crippen LogP contribution in [-0.4, -0.2) is 36.9 Å². The third kappa shape index (κ3) is 2.88. The van der Waals surface area contributed by atoms with Gasteiger partial charge in [0.05, 0.1) is 28.9 Å². The number of nitrogens with zero attached hydrogens (tertiary/aromatic N) is 1. The summed E-state index contributed by atoms with van der Waals surface area (Å²) in [7, 11) is 2.76. The van der Waals surface area contributed by atoms with Crippen LogP contribution in [0.3, 0.4) is 0 Å². The number of carbonyl (C=O) groups excluding carboxylic acids is 3. The van der Waals surface area contributed by atoms with Crippen molar-refractivity contribution in [1.29, 1.82) is 0 Å². The molecule has 0 aliphatic carbocycles. The molecule has 1 atom stereocenters. The van der Waals surface area contributed by atoms with E-state index in [1.165, 1.54) is 7.11 Å². The molecule has 6 nitrogen and oxygen atoms in total. The summed E-state index contributed by atoms with van der Waals surface area (Å²) in [6, 6.07) is 10.4. The standard InChI is InChI=1S/C18H14INO5/c1-24-14-8-7-10(9-13(14)19)15(18(23)25-2)20-16(21)11-5-3-4-6-12(11)17(20)22/h3-9,15H,1-2H3. The van der Waals surface area contributed by atoms with Crippen molar-refractivity contribution < 1.29 is 23.9 Å². The number of benzene rings is 2. The summed E-state index contributed by atoms with van der Waals surface area (Å²) in [5.41, 5.74) is 1.04. The van der Waals surface area contributed by atoms with E-state index < -0.39 is 23.8 Å². The average Bonchev–Trinajstić information content (AvgIpc) is 2.87. The highest BCUT2D eigenvalue weighted by molar-refractivity contribution is 14.1. The smallest absolute Gasteiger partial charge is 0.333 e. The van der Waals surface area contributed by atoms with Crippen LogP contribution in [0.4, 0.5) is 0 Å². The average molecular weight is 451 g/mol. The Balaban J connectivity index is 2.09. The molecule has 3 rings (SSSR count). The number of imide groups is 1. The normalized spacial score (nSPS) is 14.3. The van der Waals surface area contributed by atoms with E-state index in [9.17, 15) is 14.4 Å². The van der Waals surface area contributed by atoms with Crippen LogP contribution in [0, 0.1) is 3.57 Å². The lowest BCUT2D eigenvalue weighted by atomic mass is 10.1. The maximum atomic E-state index is 12.7. The van der Waals surface area contributed by atoms with Crippen molar-refractivity contribution in [2.24, 2.45) is 0 Å². The van der Waals surface area contributed by atoms with Gasteiger partial charge in [0.2, 0.25) is 0 Å². The maximum absolute atomic E-state index is 12.7. The zero-order valence-electron chi connectivity index (χ0n) is 13.5. The van der Waals surface area contributed by atoms with E-state index in [1.54, 1.807) is 49.6 Å². The fraction of sp³-hybridized carbons (Fsp3) is 0.167. The first-order valence-electron chi connectivity index (χ1n) is 7.37. The van der Waals surface area contributed by atoms with Crippen molar-refractivity contribution in [3.05, 3.63) is 62.7 Å². The van der Waals surface area contributed by atoms with Gasteiger partial charge in [-0.2, -0.15) is 0 Å². The van der Waals surface area contributed by atoms with Crippen molar-refractivity contribution in [3.8, 4) is 5.75 Å². The van der Waals surface area contributed by atoms with Gasteiger partial charge in [-0.25, -0.2) is 4.79 Å². The Hall–Kier alpha value is -2.42. The van der Waals surface area contributed by atoms with Gasteiger partial charge in [0.1, 0.15) is 5.75 Å². The summed E-state index contributed by atoms with van der Waals surface area (Å²) in [4.78, 5) is 38.8. The minimum absolute atomic E-state index is 0.282. The van der Waals surface area contributed by atoms with Gasteiger partial charge < -0.3 is 9.47 Å². The topological polar surface area (TPSA) is 72.9 Å². The van der Waals surface area contributed by atoms with Crippen LogP contribution in [-0.2, 0) is 9.53 Å². The molecule has 0 spiro atoms. The van der Waals surface area contributed by atoms with Crippen LogP contribution in [0.1, 0.15) is 32.3 Å². The molecule has 25 heavy (non-hydrogen) atoms. The second-order valence-electron chi connectivity index (χ2n) is 5.35. The minimum atomic E-state index is -1.16. The quantitative estimate of drug-likeness (QED) is 0.406. The molecule has 128 valence electrons. The Bertz CT molecular complexity index is 845. The first-order chi connectivity index (χ1) is 12.0. The summed E-state index contributed by atoms with van der Waals surface area (Å²) in [6.45, 7) is 0. The number of methoxy groups -OCH3 is 2. The zero-order chi connectivity index (χ0) is 18.1. The lowest BCUT2D eigenvalue weighted by Crippen LogP contribution is -2.39. The van der Waals surface area contributed by atoms with Gasteiger partial charge in [-0.3, -0.25) is 14.5 Å². The third-order valence-electron chi connectivity index (χ3n) is 4.00. The molecule has 0 saturated carbocycles. The number of halogens is 1. The molecule has 0 fully saturated rings. The first kappa shape index (κ1) is 17.4. The van der Waals surface area contributed by atoms with Gasteiger partial charge in [0, 0.05) is 0 Å². The van der Waals surface area contributed by atoms with Gasteiger partial charge in [-0.1, -0.05) is 18.2 Å². The number of amides is 2. The molecule has 2 aromatic rings. The van der Waals surface area contributed by atoms with Gasteiger partial charge in [-0.15, -0.1) is 0 Å². The Kier molecular flexibility index (Phi) is 4.76. The number of ether oxygens (including phenoxy) is 2. The monoisotopic (exact) mass is 451 g/mol. The Morgan fingerprint density at radius 1 is 1.04 bits per heavy atom. The highest BCUT2D eigenvalue weighted by Crippen LogP contribution is 2.34. The predicted molar refractivity (Wildman–Crippen MR) is 97.4 cm³/mol. The van der Waals surface area contributed by atoms with Crippen molar-refractivity contribution in [3.63, 3.8) is 0 Å². The summed E-state index contributed by atoms with van der Waals surface area (Å²) in [5.74, 6) is -1.07. The van der Waals surface area contributed by atoms with Gasteiger partial charge in [0.25, 0.3) is 11.8 Å². The molecule has 1 aliphatic rings. The van der Waals surface area contributed by atoms with Crippen molar-refractivity contribution in [2.75, 3.05) is 14.2 Å². The zero-order valence-corrected chi connectivity index (χ0v) is 15.6. The molecule has 0 bridgehead atoms. The SMILES string of the molecule is COC(=O)C(c1ccc(OC)c(I)c1)N1C(=O)c2ccccc2C1=O. The van der Waals surface area contributed by atoms with Crippen molar-refractivity contribution in [1.82, 2.24) is 4.90 Å². The van der Waals surface area contributed by atoms with Crippen LogP contribution in [0.25, 0.3) is 0 Å². The highest BCUT2D eigenvalue weighted by atomic mass is 127. The number of hydrogen-bond acceptors (Lipinski definition) is 5. The minimum Gasteiger partial charge on any atom is -0.496 e. The molecule has 2 amide bonds. The van der Waals surface area contributed by atoms with E-state index in [1.807, 2.05) is 0 Å². The molecule has 1 heterocycles. The maximum Gasteiger partial charge on any atom is 0.333 e. The highest BCUT2D eigenvalue weighted by Gasteiger charge is 2.44. The molecule has 0 aromatic heterocycles. The van der Waals surface area contributed by atoms with Crippen LogP contribution in [0.15, 0.2) is 42.5 Å². The molecular weight excluding hydrogens is 437 g/mol. The van der Waals surface area contributed by atoms with Gasteiger partial charge in [-0.05, 0) is 52.4 Å². The Morgan fingerprint density at radius 3 is 2.12 bits per heavy atom. The lowest BCUT2D eigenvalue weighted by Gasteiger charge is -2.24. The van der Waals surface area contributed by atoms with Crippen LogP contribution < -0.4 is 4.74 Å². The van der Waals surface area contributed by atoms with E-state index in [-0.39, 0.29) is 11.1 Å². The molecule has 0 saturated heterocycles. The molecule has 0 N–H and O–H groups in total. The first-order valence-corrected chi connectivity index (χ1v) is 8.45. The Labute approximate surface area is 157 Å². The molecule has 1 aliphatic heterocycles. The second-order valence-corrected chi connectivity index (χ2v) is 6.51. The fourth-order valence-corrected chi connectivity index (χ4v) is 3.56. The van der Waals surface area contributed by atoms with Crippen molar-refractivity contribution in [2.45, 2.75) is 6.04 Å². The van der Waals surface area contributed by atoms with E-state index >= 15 is 0 Å². The Morgan fingerprint density at radius 2 is 1.64 bits per heavy atom. The largest absolute Gasteiger partial charge is 0.496 e. The molecule has 1 unspecified atom stereocenters. The number of fused-ring (bicyclic) bond motifs is 1.